The molecule has 0 atom stereocenters. The lowest BCUT2D eigenvalue weighted by Crippen LogP contribution is -1.99. The second-order valence-electron chi connectivity index (χ2n) is 4.30. The lowest BCUT2D eigenvalue weighted by molar-refractivity contribution is 0.877. The van der Waals surface area contributed by atoms with Crippen molar-refractivity contribution in [3.8, 4) is 0 Å². The first-order chi connectivity index (χ1) is 7.09. The molecule has 1 aromatic carbocycles. The summed E-state index contributed by atoms with van der Waals surface area (Å²) in [4.78, 5) is 4.34. The molecule has 0 spiro atoms. The lowest BCUT2D eigenvalue weighted by Gasteiger charge is -2.12. The molecule has 2 N–H and O–H groups in total. The van der Waals surface area contributed by atoms with Crippen LogP contribution in [-0.2, 0) is 0 Å². The van der Waals surface area contributed by atoms with Gasteiger partial charge in [0, 0.05) is 5.39 Å². The second kappa shape index (κ2) is 3.54. The molecule has 0 aliphatic carbocycles. The number of fused-ring (bicyclic) bond motifs is 1. The van der Waals surface area contributed by atoms with Gasteiger partial charge in [0.15, 0.2) is 0 Å². The van der Waals surface area contributed by atoms with Crippen molar-refractivity contribution in [3.63, 3.8) is 0 Å². The Morgan fingerprint density at radius 1 is 1.27 bits per heavy atom. The standard InChI is InChI=1S/C13H16N2/c1-8(2)13-10-6-9(3)4-5-12(10)15-7-11(13)14/h4-8H,14H2,1-3H3. The summed E-state index contributed by atoms with van der Waals surface area (Å²) < 4.78 is 0. The van der Waals surface area contributed by atoms with Crippen LogP contribution in [0.15, 0.2) is 24.4 Å². The van der Waals surface area contributed by atoms with Gasteiger partial charge in [-0.2, -0.15) is 0 Å². The van der Waals surface area contributed by atoms with Crippen LogP contribution in [0, 0.1) is 6.92 Å². The number of anilines is 1. The van der Waals surface area contributed by atoms with Crippen molar-refractivity contribution in [1.29, 1.82) is 0 Å². The van der Waals surface area contributed by atoms with Gasteiger partial charge < -0.3 is 5.73 Å². The molecule has 2 nitrogen and oxygen atoms in total. The Balaban J connectivity index is 2.84. The fraction of sp³-hybridized carbons (Fsp3) is 0.308. The monoisotopic (exact) mass is 200 g/mol. The van der Waals surface area contributed by atoms with Gasteiger partial charge in [0.25, 0.3) is 0 Å². The highest BCUT2D eigenvalue weighted by molar-refractivity contribution is 5.87. The van der Waals surface area contributed by atoms with Gasteiger partial charge in [-0.15, -0.1) is 0 Å². The fourth-order valence-electron chi connectivity index (χ4n) is 1.99. The molecular weight excluding hydrogens is 184 g/mol. The number of benzene rings is 1. The highest BCUT2D eigenvalue weighted by atomic mass is 14.7. The first-order valence-electron chi connectivity index (χ1n) is 5.24. The predicted molar refractivity (Wildman–Crippen MR) is 65.0 cm³/mol. The maximum Gasteiger partial charge on any atom is 0.0706 e. The van der Waals surface area contributed by atoms with Crippen LogP contribution in [0.3, 0.4) is 0 Å². The summed E-state index contributed by atoms with van der Waals surface area (Å²) in [7, 11) is 0. The van der Waals surface area contributed by atoms with Crippen molar-refractivity contribution in [2.75, 3.05) is 5.73 Å². The number of hydrogen-bond acceptors (Lipinski definition) is 2. The van der Waals surface area contributed by atoms with Gasteiger partial charge in [-0.25, -0.2) is 0 Å². The zero-order valence-corrected chi connectivity index (χ0v) is 9.41. The Hall–Kier alpha value is -1.57. The average molecular weight is 200 g/mol. The molecule has 0 fully saturated rings. The van der Waals surface area contributed by atoms with Crippen LogP contribution < -0.4 is 5.73 Å². The Morgan fingerprint density at radius 2 is 2.00 bits per heavy atom. The number of nitrogens with two attached hydrogens (primary N) is 1. The SMILES string of the molecule is Cc1ccc2ncc(N)c(C(C)C)c2c1. The van der Waals surface area contributed by atoms with Crippen molar-refractivity contribution < 1.29 is 0 Å². The van der Waals surface area contributed by atoms with Crippen molar-refractivity contribution in [2.45, 2.75) is 26.7 Å². The van der Waals surface area contributed by atoms with E-state index in [0.717, 1.165) is 11.2 Å². The number of nitrogens with zero attached hydrogens (tertiary/aromatic N) is 1. The zero-order chi connectivity index (χ0) is 11.0. The number of aromatic nitrogens is 1. The summed E-state index contributed by atoms with van der Waals surface area (Å²) in [6.07, 6.45) is 1.76. The number of rotatable bonds is 1. The quantitative estimate of drug-likeness (QED) is 0.767. The maximum absolute atomic E-state index is 5.98. The van der Waals surface area contributed by atoms with Crippen molar-refractivity contribution in [3.05, 3.63) is 35.5 Å². The molecule has 78 valence electrons. The Morgan fingerprint density at radius 3 is 2.67 bits per heavy atom. The number of pyridine rings is 1. The summed E-state index contributed by atoms with van der Waals surface area (Å²) >= 11 is 0. The van der Waals surface area contributed by atoms with E-state index in [-0.39, 0.29) is 0 Å². The Labute approximate surface area is 90.1 Å². The first kappa shape index (κ1) is 9.97. The van der Waals surface area contributed by atoms with Gasteiger partial charge >= 0.3 is 0 Å². The van der Waals surface area contributed by atoms with E-state index in [4.69, 9.17) is 5.73 Å². The van der Waals surface area contributed by atoms with E-state index in [1.165, 1.54) is 16.5 Å². The smallest absolute Gasteiger partial charge is 0.0706 e. The first-order valence-corrected chi connectivity index (χ1v) is 5.24. The van der Waals surface area contributed by atoms with Gasteiger partial charge in [-0.3, -0.25) is 4.98 Å². The van der Waals surface area contributed by atoms with Crippen LogP contribution in [0.4, 0.5) is 5.69 Å². The van der Waals surface area contributed by atoms with E-state index in [9.17, 15) is 0 Å². The average Bonchev–Trinajstić information content (AvgIpc) is 2.16. The summed E-state index contributed by atoms with van der Waals surface area (Å²) in [5, 5.41) is 1.19. The van der Waals surface area contributed by atoms with Crippen LogP contribution >= 0.6 is 0 Å². The largest absolute Gasteiger partial charge is 0.397 e. The van der Waals surface area contributed by atoms with E-state index in [1.54, 1.807) is 6.20 Å². The maximum atomic E-state index is 5.98. The lowest BCUT2D eigenvalue weighted by atomic mass is 9.96. The van der Waals surface area contributed by atoms with Gasteiger partial charge in [-0.05, 0) is 30.5 Å². The molecule has 15 heavy (non-hydrogen) atoms. The summed E-state index contributed by atoms with van der Waals surface area (Å²) in [6, 6.07) is 6.29. The molecule has 0 saturated heterocycles. The van der Waals surface area contributed by atoms with Gasteiger partial charge in [-0.1, -0.05) is 25.5 Å². The molecular formula is C13H16N2. The molecule has 0 radical (unpaired) electrons. The minimum Gasteiger partial charge on any atom is -0.397 e. The molecule has 0 unspecified atom stereocenters. The third-order valence-electron chi connectivity index (χ3n) is 2.67. The topological polar surface area (TPSA) is 38.9 Å². The van der Waals surface area contributed by atoms with Crippen LogP contribution in [0.1, 0.15) is 30.9 Å². The molecule has 1 aromatic heterocycles. The summed E-state index contributed by atoms with van der Waals surface area (Å²) in [5.74, 6) is 0.428. The predicted octanol–water partition coefficient (Wildman–Crippen LogP) is 3.25. The second-order valence-corrected chi connectivity index (χ2v) is 4.30. The van der Waals surface area contributed by atoms with Gasteiger partial charge in [0.2, 0.25) is 0 Å². The third-order valence-corrected chi connectivity index (χ3v) is 2.67. The van der Waals surface area contributed by atoms with E-state index in [2.05, 4.69) is 44.0 Å². The van der Waals surface area contributed by atoms with E-state index in [1.807, 2.05) is 0 Å². The Bertz CT molecular complexity index is 496. The highest BCUT2D eigenvalue weighted by Crippen LogP contribution is 2.29. The zero-order valence-electron chi connectivity index (χ0n) is 9.41. The van der Waals surface area contributed by atoms with E-state index < -0.39 is 0 Å². The number of hydrogen-bond donors (Lipinski definition) is 1. The minimum absolute atomic E-state index is 0.428. The van der Waals surface area contributed by atoms with Crippen molar-refractivity contribution in [1.82, 2.24) is 4.98 Å². The molecule has 2 aromatic rings. The molecule has 0 saturated carbocycles. The highest BCUT2D eigenvalue weighted by Gasteiger charge is 2.09. The molecule has 0 amide bonds. The van der Waals surface area contributed by atoms with Crippen LogP contribution in [-0.4, -0.2) is 4.98 Å². The van der Waals surface area contributed by atoms with Gasteiger partial charge in [0.05, 0.1) is 17.4 Å². The molecule has 2 heteroatoms. The van der Waals surface area contributed by atoms with Crippen LogP contribution in [0.2, 0.25) is 0 Å². The number of aryl methyl sites for hydroxylation is 1. The van der Waals surface area contributed by atoms with Crippen LogP contribution in [0.5, 0.6) is 0 Å². The minimum atomic E-state index is 0.428. The van der Waals surface area contributed by atoms with Crippen LogP contribution in [0.25, 0.3) is 10.9 Å². The summed E-state index contributed by atoms with van der Waals surface area (Å²) in [6.45, 7) is 6.41. The molecule has 1 heterocycles. The van der Waals surface area contributed by atoms with Crippen molar-refractivity contribution >= 4 is 16.6 Å². The van der Waals surface area contributed by atoms with E-state index in [0.29, 0.717) is 5.92 Å². The van der Waals surface area contributed by atoms with Crippen molar-refractivity contribution in [2.24, 2.45) is 0 Å². The molecule has 0 bridgehead atoms. The molecule has 2 rings (SSSR count). The fourth-order valence-corrected chi connectivity index (χ4v) is 1.99. The summed E-state index contributed by atoms with van der Waals surface area (Å²) in [5.41, 5.74) is 10.3. The van der Waals surface area contributed by atoms with E-state index >= 15 is 0 Å². The Kier molecular flexibility index (Phi) is 2.35. The van der Waals surface area contributed by atoms with Gasteiger partial charge in [0.1, 0.15) is 0 Å². The number of nitrogen functional groups attached to an aromatic ring is 1. The third kappa shape index (κ3) is 1.67. The molecule has 0 aliphatic rings. The molecule has 0 aliphatic heterocycles. The normalized spacial score (nSPS) is 11.2.